The first-order valence-electron chi connectivity index (χ1n) is 4.09. The van der Waals surface area contributed by atoms with Crippen molar-refractivity contribution in [3.63, 3.8) is 0 Å². The highest BCUT2D eigenvalue weighted by Crippen LogP contribution is 2.46. The molecular formula is C7HBrF6N2O3. The number of ether oxygens (including phenoxy) is 1. The largest absolute Gasteiger partial charge is 0.573 e. The van der Waals surface area contributed by atoms with Gasteiger partial charge < -0.3 is 14.9 Å². The Kier molecular flexibility index (Phi) is 3.93. The number of halogens is 7. The van der Waals surface area contributed by atoms with E-state index < -0.39 is 39.1 Å². The molecule has 0 radical (unpaired) electrons. The minimum absolute atomic E-state index is 0.411. The Morgan fingerprint density at radius 1 is 1.26 bits per heavy atom. The number of pyridine rings is 1. The summed E-state index contributed by atoms with van der Waals surface area (Å²) in [4.78, 5) is 11.7. The molecule has 0 aromatic carbocycles. The number of rotatable bonds is 2. The zero-order valence-corrected chi connectivity index (χ0v) is 9.93. The number of hydrogen-bond acceptors (Lipinski definition) is 4. The van der Waals surface area contributed by atoms with E-state index in [4.69, 9.17) is 0 Å². The Morgan fingerprint density at radius 3 is 2.16 bits per heavy atom. The van der Waals surface area contributed by atoms with Gasteiger partial charge in [0.05, 0.1) is 0 Å². The van der Waals surface area contributed by atoms with Gasteiger partial charge in [-0.2, -0.15) is 13.2 Å². The molecule has 1 aromatic heterocycles. The fourth-order valence-corrected chi connectivity index (χ4v) is 1.45. The SMILES string of the molecule is O=[N+]([O-])c1ncc(Br)c(OC(F)(F)F)c1C(F)(F)F. The first-order chi connectivity index (χ1) is 8.43. The zero-order chi connectivity index (χ0) is 15.0. The second kappa shape index (κ2) is 4.83. The molecular weight excluding hydrogens is 354 g/mol. The van der Waals surface area contributed by atoms with Gasteiger partial charge >= 0.3 is 18.4 Å². The van der Waals surface area contributed by atoms with E-state index in [1.807, 2.05) is 0 Å². The molecule has 1 heterocycles. The van der Waals surface area contributed by atoms with Crippen LogP contribution in [-0.2, 0) is 6.18 Å². The zero-order valence-electron chi connectivity index (χ0n) is 8.34. The average molecular weight is 355 g/mol. The second-order valence-electron chi connectivity index (χ2n) is 2.94. The van der Waals surface area contributed by atoms with Crippen molar-refractivity contribution in [2.75, 3.05) is 0 Å². The fourth-order valence-electron chi connectivity index (χ4n) is 1.07. The van der Waals surface area contributed by atoms with Crippen molar-refractivity contribution in [3.8, 4) is 5.75 Å². The molecule has 0 spiro atoms. The Morgan fingerprint density at radius 2 is 1.79 bits per heavy atom. The molecule has 0 bridgehead atoms. The van der Waals surface area contributed by atoms with Gasteiger partial charge in [0.15, 0.2) is 17.5 Å². The summed E-state index contributed by atoms with van der Waals surface area (Å²) in [5.74, 6) is -3.54. The average Bonchev–Trinajstić information content (AvgIpc) is 2.16. The topological polar surface area (TPSA) is 65.3 Å². The molecule has 0 amide bonds. The van der Waals surface area contributed by atoms with Gasteiger partial charge in [0, 0.05) is 0 Å². The van der Waals surface area contributed by atoms with E-state index in [1.165, 1.54) is 0 Å². The Labute approximate surface area is 108 Å². The number of nitro groups is 1. The first-order valence-corrected chi connectivity index (χ1v) is 4.88. The highest BCUT2D eigenvalue weighted by molar-refractivity contribution is 9.10. The third-order valence-corrected chi connectivity index (χ3v) is 2.21. The molecule has 1 rings (SSSR count). The van der Waals surface area contributed by atoms with E-state index in [2.05, 4.69) is 25.7 Å². The monoisotopic (exact) mass is 354 g/mol. The normalized spacial score (nSPS) is 12.4. The highest BCUT2D eigenvalue weighted by Gasteiger charge is 2.47. The van der Waals surface area contributed by atoms with Crippen LogP contribution in [0.4, 0.5) is 32.2 Å². The van der Waals surface area contributed by atoms with Gasteiger partial charge in [-0.3, -0.25) is 0 Å². The van der Waals surface area contributed by atoms with Gasteiger partial charge in [-0.25, -0.2) is 0 Å². The Balaban J connectivity index is 3.59. The van der Waals surface area contributed by atoms with Crippen LogP contribution in [0, 0.1) is 10.1 Å². The first kappa shape index (κ1) is 15.5. The van der Waals surface area contributed by atoms with Crippen LogP contribution in [0.1, 0.15) is 5.56 Å². The molecule has 106 valence electrons. The summed E-state index contributed by atoms with van der Waals surface area (Å²) < 4.78 is 76.3. The summed E-state index contributed by atoms with van der Waals surface area (Å²) in [5.41, 5.74) is -2.22. The minimum atomic E-state index is -5.45. The molecule has 0 saturated carbocycles. The number of nitrogens with zero attached hydrogens (tertiary/aromatic N) is 2. The summed E-state index contributed by atoms with van der Waals surface area (Å²) in [6.07, 6.45) is -10.5. The standard InChI is InChI=1S/C7HBrF6N2O3/c8-2-1-15-5(16(17)18)3(6(9,10)11)4(2)19-7(12,13)14/h1H. The van der Waals surface area contributed by atoms with Crippen LogP contribution >= 0.6 is 15.9 Å². The van der Waals surface area contributed by atoms with Gasteiger partial charge in [0.2, 0.25) is 0 Å². The molecule has 0 atom stereocenters. The third-order valence-electron chi connectivity index (χ3n) is 1.64. The highest BCUT2D eigenvalue weighted by atomic mass is 79.9. The molecule has 0 saturated heterocycles. The van der Waals surface area contributed by atoms with E-state index in [-0.39, 0.29) is 0 Å². The number of alkyl halides is 6. The van der Waals surface area contributed by atoms with Crippen molar-refractivity contribution in [1.29, 1.82) is 0 Å². The number of hydrogen-bond donors (Lipinski definition) is 0. The van der Waals surface area contributed by atoms with Gasteiger partial charge in [0.25, 0.3) is 0 Å². The molecule has 19 heavy (non-hydrogen) atoms. The van der Waals surface area contributed by atoms with E-state index in [9.17, 15) is 36.5 Å². The maximum Gasteiger partial charge on any atom is 0.573 e. The third kappa shape index (κ3) is 3.68. The molecule has 1 aromatic rings. The molecule has 0 aliphatic carbocycles. The van der Waals surface area contributed by atoms with Gasteiger partial charge in [0.1, 0.15) is 4.47 Å². The Hall–Kier alpha value is -1.59. The van der Waals surface area contributed by atoms with Crippen molar-refractivity contribution >= 4 is 21.7 Å². The number of aromatic nitrogens is 1. The summed E-state index contributed by atoms with van der Waals surface area (Å²) >= 11 is 2.37. The molecule has 0 aliphatic heterocycles. The van der Waals surface area contributed by atoms with E-state index >= 15 is 0 Å². The van der Waals surface area contributed by atoms with Crippen LogP contribution in [-0.4, -0.2) is 16.3 Å². The van der Waals surface area contributed by atoms with Crippen LogP contribution < -0.4 is 4.74 Å². The smallest absolute Gasteiger partial charge is 0.403 e. The summed E-state index contributed by atoms with van der Waals surface area (Å²) in [6.45, 7) is 0. The molecule has 12 heteroatoms. The molecule has 5 nitrogen and oxygen atoms in total. The Bertz CT molecular complexity index is 515. The van der Waals surface area contributed by atoms with Gasteiger partial charge in [-0.15, -0.1) is 13.2 Å². The molecule has 0 N–H and O–H groups in total. The van der Waals surface area contributed by atoms with E-state index in [0.29, 0.717) is 6.20 Å². The lowest BCUT2D eigenvalue weighted by molar-refractivity contribution is -0.393. The molecule has 0 unspecified atom stereocenters. The minimum Gasteiger partial charge on any atom is -0.403 e. The molecule has 0 aliphatic rings. The van der Waals surface area contributed by atoms with E-state index in [0.717, 1.165) is 0 Å². The maximum absolute atomic E-state index is 12.6. The summed E-state index contributed by atoms with van der Waals surface area (Å²) in [6, 6.07) is 0. The van der Waals surface area contributed by atoms with Crippen LogP contribution in [0.5, 0.6) is 5.75 Å². The predicted octanol–water partition coefficient (Wildman–Crippen LogP) is 3.67. The second-order valence-corrected chi connectivity index (χ2v) is 3.79. The maximum atomic E-state index is 12.6. The van der Waals surface area contributed by atoms with Gasteiger partial charge in [-0.05, 0) is 25.8 Å². The lowest BCUT2D eigenvalue weighted by atomic mass is 10.2. The van der Waals surface area contributed by atoms with E-state index in [1.54, 1.807) is 0 Å². The van der Waals surface area contributed by atoms with Crippen molar-refractivity contribution < 1.29 is 36.0 Å². The van der Waals surface area contributed by atoms with Crippen molar-refractivity contribution in [2.24, 2.45) is 0 Å². The summed E-state index contributed by atoms with van der Waals surface area (Å²) in [5, 5.41) is 10.4. The lowest BCUT2D eigenvalue weighted by Crippen LogP contribution is -2.21. The van der Waals surface area contributed by atoms with Crippen LogP contribution in [0.2, 0.25) is 0 Å². The fraction of sp³-hybridized carbons (Fsp3) is 0.286. The lowest BCUT2D eigenvalue weighted by Gasteiger charge is -2.15. The molecule has 0 fully saturated rings. The van der Waals surface area contributed by atoms with Crippen LogP contribution in [0.15, 0.2) is 10.7 Å². The van der Waals surface area contributed by atoms with Crippen molar-refractivity contribution in [1.82, 2.24) is 4.98 Å². The predicted molar refractivity (Wildman–Crippen MR) is 50.3 cm³/mol. The van der Waals surface area contributed by atoms with Crippen LogP contribution in [0.25, 0.3) is 0 Å². The van der Waals surface area contributed by atoms with Crippen LogP contribution in [0.3, 0.4) is 0 Å². The quantitative estimate of drug-likeness (QED) is 0.461. The van der Waals surface area contributed by atoms with Crippen molar-refractivity contribution in [2.45, 2.75) is 12.5 Å². The van der Waals surface area contributed by atoms with Crippen molar-refractivity contribution in [3.05, 3.63) is 26.3 Å². The summed E-state index contributed by atoms with van der Waals surface area (Å²) in [7, 11) is 0. The van der Waals surface area contributed by atoms with Gasteiger partial charge in [-0.1, -0.05) is 0 Å².